The maximum absolute atomic E-state index is 14.2. The number of carbonyl (C=O) groups excluding carboxylic acids is 1. The molecule has 220 valence electrons. The Balaban J connectivity index is 1.71. The quantitative estimate of drug-likeness (QED) is 0.154. The van der Waals surface area contributed by atoms with Gasteiger partial charge in [-0.2, -0.15) is 26.3 Å². The Morgan fingerprint density at radius 1 is 0.500 bits per heavy atom. The molecule has 0 bridgehead atoms. The molecule has 0 unspecified atom stereocenters. The molecule has 42 heavy (non-hydrogen) atoms. The van der Waals surface area contributed by atoms with Crippen molar-refractivity contribution in [1.29, 1.82) is 0 Å². The number of benzene rings is 4. The number of halogens is 6. The summed E-state index contributed by atoms with van der Waals surface area (Å²) in [5.74, 6) is -9.82. The van der Waals surface area contributed by atoms with Crippen LogP contribution in [0.2, 0.25) is 0 Å². The van der Waals surface area contributed by atoms with E-state index in [4.69, 9.17) is 0 Å². The average molecular weight is 591 g/mol. The molecule has 0 fully saturated rings. The number of rotatable bonds is 8. The van der Waals surface area contributed by atoms with Crippen molar-refractivity contribution in [3.05, 3.63) is 119 Å². The van der Waals surface area contributed by atoms with Crippen LogP contribution in [0.25, 0.3) is 22.3 Å². The Morgan fingerprint density at radius 2 is 0.833 bits per heavy atom. The number of carbonyl (C=O) groups is 1. The fourth-order valence-electron chi connectivity index (χ4n) is 4.89. The van der Waals surface area contributed by atoms with Gasteiger partial charge in [0.2, 0.25) is 11.6 Å². The third kappa shape index (κ3) is 6.55. The van der Waals surface area contributed by atoms with Gasteiger partial charge in [-0.15, -0.1) is 0 Å². The molecular formula is C31H24F6O5. The molecule has 0 aliphatic heterocycles. The number of aliphatic hydroxyl groups is 4. The van der Waals surface area contributed by atoms with Crippen molar-refractivity contribution in [2.75, 3.05) is 0 Å². The van der Waals surface area contributed by atoms with Crippen LogP contribution in [0.3, 0.4) is 0 Å². The first-order chi connectivity index (χ1) is 19.5. The van der Waals surface area contributed by atoms with E-state index < -0.39 is 64.8 Å². The lowest BCUT2D eigenvalue weighted by molar-refractivity contribution is -0.231. The first-order valence-corrected chi connectivity index (χ1v) is 12.5. The topological polar surface area (TPSA) is 98.0 Å². The first-order valence-electron chi connectivity index (χ1n) is 12.5. The monoisotopic (exact) mass is 590 g/mol. The van der Waals surface area contributed by atoms with Crippen molar-refractivity contribution in [3.8, 4) is 22.3 Å². The van der Waals surface area contributed by atoms with Gasteiger partial charge in [0.05, 0.1) is 11.1 Å². The highest BCUT2D eigenvalue weighted by molar-refractivity contribution is 5.92. The Labute approximate surface area is 235 Å². The highest BCUT2D eigenvalue weighted by atomic mass is 19.4. The van der Waals surface area contributed by atoms with Crippen LogP contribution in [0.5, 0.6) is 0 Å². The molecule has 5 nitrogen and oxygen atoms in total. The fourth-order valence-corrected chi connectivity index (χ4v) is 4.89. The van der Waals surface area contributed by atoms with Crippen LogP contribution in [-0.4, -0.2) is 37.8 Å². The normalized spacial score (nSPS) is 12.8. The summed E-state index contributed by atoms with van der Waals surface area (Å²) in [4.78, 5) is 13.0. The molecular weight excluding hydrogens is 566 g/mol. The van der Waals surface area contributed by atoms with Crippen LogP contribution < -0.4 is 0 Å². The molecule has 0 aliphatic carbocycles. The highest BCUT2D eigenvalue weighted by Crippen LogP contribution is 2.42. The third-order valence-electron chi connectivity index (χ3n) is 6.64. The summed E-state index contributed by atoms with van der Waals surface area (Å²) in [6, 6.07) is 21.1. The molecule has 0 heterocycles. The smallest absolute Gasteiger partial charge is 0.359 e. The molecule has 0 saturated heterocycles. The Hall–Kier alpha value is -4.03. The van der Waals surface area contributed by atoms with E-state index >= 15 is 0 Å². The third-order valence-corrected chi connectivity index (χ3v) is 6.64. The number of alkyl halides is 6. The molecule has 4 N–H and O–H groups in total. The molecule has 11 heteroatoms. The molecule has 0 aliphatic rings. The second kappa shape index (κ2) is 11.3. The van der Waals surface area contributed by atoms with E-state index in [1.807, 2.05) is 0 Å². The van der Waals surface area contributed by atoms with Gasteiger partial charge in [-0.1, -0.05) is 97.1 Å². The summed E-state index contributed by atoms with van der Waals surface area (Å²) >= 11 is 0. The van der Waals surface area contributed by atoms with Crippen molar-refractivity contribution in [1.82, 2.24) is 0 Å². The van der Waals surface area contributed by atoms with Crippen molar-refractivity contribution >= 4 is 5.78 Å². The van der Waals surface area contributed by atoms with E-state index in [-0.39, 0.29) is 22.3 Å². The van der Waals surface area contributed by atoms with Crippen LogP contribution >= 0.6 is 0 Å². The van der Waals surface area contributed by atoms with Crippen LogP contribution in [0, 0.1) is 0 Å². The number of hydrogen-bond donors (Lipinski definition) is 4. The predicted molar refractivity (Wildman–Crippen MR) is 141 cm³/mol. The summed E-state index contributed by atoms with van der Waals surface area (Å²) in [6.07, 6.45) is -13.0. The molecule has 0 saturated carbocycles. The van der Waals surface area contributed by atoms with E-state index in [1.165, 1.54) is 60.7 Å². The number of Topliss-reactive ketones (excluding diaryl/α,β-unsaturated/α-hetero) is 1. The zero-order chi connectivity index (χ0) is 30.9. The molecule has 0 atom stereocenters. The van der Waals surface area contributed by atoms with E-state index in [9.17, 15) is 51.6 Å². The lowest BCUT2D eigenvalue weighted by atomic mass is 9.86. The van der Waals surface area contributed by atoms with Crippen LogP contribution in [0.1, 0.15) is 22.3 Å². The van der Waals surface area contributed by atoms with Gasteiger partial charge in [-0.05, 0) is 33.4 Å². The summed E-state index contributed by atoms with van der Waals surface area (Å²) in [7, 11) is 0. The van der Waals surface area contributed by atoms with E-state index in [0.717, 1.165) is 24.3 Å². The van der Waals surface area contributed by atoms with Gasteiger partial charge in [0.25, 0.3) is 5.78 Å². The zero-order valence-electron chi connectivity index (χ0n) is 21.6. The zero-order valence-corrected chi connectivity index (χ0v) is 21.6. The van der Waals surface area contributed by atoms with Crippen molar-refractivity contribution in [3.63, 3.8) is 0 Å². The van der Waals surface area contributed by atoms with Gasteiger partial charge in [0.15, 0.2) is 0 Å². The maximum Gasteiger partial charge on any atom is 0.417 e. The minimum absolute atomic E-state index is 0.135. The van der Waals surface area contributed by atoms with Crippen molar-refractivity contribution in [2.24, 2.45) is 0 Å². The fraction of sp³-hybridized carbons (Fsp3) is 0.194. The molecule has 0 amide bonds. The largest absolute Gasteiger partial charge is 0.417 e. The van der Waals surface area contributed by atoms with Crippen LogP contribution in [0.4, 0.5) is 26.3 Å². The van der Waals surface area contributed by atoms with Crippen LogP contribution in [-0.2, 0) is 30.0 Å². The highest BCUT2D eigenvalue weighted by Gasteiger charge is 2.50. The van der Waals surface area contributed by atoms with Crippen LogP contribution in [0.15, 0.2) is 97.1 Å². The summed E-state index contributed by atoms with van der Waals surface area (Å²) in [5.41, 5.74) is -4.53. The van der Waals surface area contributed by atoms with Gasteiger partial charge in [-0.3, -0.25) is 4.79 Å². The predicted octanol–water partition coefficient (Wildman–Crippen LogP) is 5.77. The van der Waals surface area contributed by atoms with Gasteiger partial charge in [-0.25, -0.2) is 0 Å². The van der Waals surface area contributed by atoms with E-state index in [1.54, 1.807) is 12.1 Å². The molecule has 0 radical (unpaired) electrons. The maximum atomic E-state index is 14.2. The van der Waals surface area contributed by atoms with Gasteiger partial charge in [0, 0.05) is 12.8 Å². The molecule has 4 aromatic carbocycles. The Bertz CT molecular complexity index is 1450. The van der Waals surface area contributed by atoms with Gasteiger partial charge >= 0.3 is 12.4 Å². The number of ketones is 1. The Morgan fingerprint density at radius 3 is 1.14 bits per heavy atom. The van der Waals surface area contributed by atoms with Gasteiger partial charge in [0.1, 0.15) is 0 Å². The lowest BCUT2D eigenvalue weighted by Crippen LogP contribution is -2.55. The van der Waals surface area contributed by atoms with E-state index in [2.05, 4.69) is 0 Å². The summed E-state index contributed by atoms with van der Waals surface area (Å²) in [6.45, 7) is 0. The molecule has 0 spiro atoms. The second-order valence-electron chi connectivity index (χ2n) is 9.72. The molecule has 0 aromatic heterocycles. The Kier molecular flexibility index (Phi) is 8.34. The van der Waals surface area contributed by atoms with Crippen molar-refractivity contribution in [2.45, 2.75) is 36.8 Å². The average Bonchev–Trinajstić information content (AvgIpc) is 2.91. The summed E-state index contributed by atoms with van der Waals surface area (Å²) in [5, 5.41) is 42.2. The first kappa shape index (κ1) is 30.9. The standard InChI is InChI=1S/C31H24F6O5/c32-30(33,34)25-21(13-7-15-23(25)19-9-3-1-4-10-19)17-28(39,40)27(38)29(41,42)18-22-14-8-16-24(26(22)31(35,36)37)20-11-5-2-6-12-20/h1-16,39-42H,17-18H2. The van der Waals surface area contributed by atoms with Gasteiger partial charge < -0.3 is 20.4 Å². The lowest BCUT2D eigenvalue weighted by Gasteiger charge is -2.30. The second-order valence-corrected chi connectivity index (χ2v) is 9.72. The SMILES string of the molecule is O=C(C(O)(O)Cc1cccc(-c2ccccc2)c1C(F)(F)F)C(O)(O)Cc1cccc(-c2ccccc2)c1C(F)(F)F. The molecule has 4 rings (SSSR count). The minimum Gasteiger partial charge on any atom is -0.359 e. The molecule has 4 aromatic rings. The minimum atomic E-state index is -5.03. The number of hydrogen-bond acceptors (Lipinski definition) is 5. The summed E-state index contributed by atoms with van der Waals surface area (Å²) < 4.78 is 85.0. The van der Waals surface area contributed by atoms with Crippen molar-refractivity contribution < 1.29 is 51.6 Å². The van der Waals surface area contributed by atoms with E-state index in [0.29, 0.717) is 0 Å².